The number of hydrogen-bond donors (Lipinski definition) is 1. The van der Waals surface area contributed by atoms with Crippen LogP contribution in [0.5, 0.6) is 17.2 Å². The van der Waals surface area contributed by atoms with Crippen molar-refractivity contribution in [1.29, 1.82) is 0 Å². The zero-order valence-corrected chi connectivity index (χ0v) is 19.1. The average Bonchev–Trinajstić information content (AvgIpc) is 2.88. The number of hydrazone groups is 1. The normalized spacial score (nSPS) is 11.8. The lowest BCUT2D eigenvalue weighted by atomic mass is 10.1. The minimum atomic E-state index is -0.720. The maximum Gasteiger partial charge on any atom is 0.280 e. The van der Waals surface area contributed by atoms with Crippen molar-refractivity contribution in [3.8, 4) is 17.2 Å². The van der Waals surface area contributed by atoms with E-state index in [1.54, 1.807) is 20.2 Å². The maximum absolute atomic E-state index is 12.5. The number of nitrogens with zero attached hydrogens (tertiary/aromatic N) is 1. The highest BCUT2D eigenvalue weighted by Gasteiger charge is 2.15. The number of ether oxygens (including phenoxy) is 3. The number of hydrogen-bond acceptors (Lipinski definition) is 5. The summed E-state index contributed by atoms with van der Waals surface area (Å²) in [7, 11) is 1.63. The molecule has 0 heterocycles. The topological polar surface area (TPSA) is 69.2 Å². The molecule has 0 aromatic heterocycles. The van der Waals surface area contributed by atoms with Crippen molar-refractivity contribution in [2.24, 2.45) is 5.10 Å². The second-order valence-electron chi connectivity index (χ2n) is 7.65. The molecule has 0 unspecified atom stereocenters. The Morgan fingerprint density at radius 3 is 2.56 bits per heavy atom. The van der Waals surface area contributed by atoms with Gasteiger partial charge in [0.25, 0.3) is 5.91 Å². The number of fused-ring (bicyclic) bond motifs is 1. The third kappa shape index (κ3) is 5.72. The van der Waals surface area contributed by atoms with Crippen LogP contribution < -0.4 is 19.6 Å². The molecule has 0 aliphatic heterocycles. The SMILES string of the molecule is COc1cccc(COc2ccccc2/C=N\NC(=O)[C@@H](C)Oc2cccc3ccccc23)c1. The summed E-state index contributed by atoms with van der Waals surface area (Å²) in [5.41, 5.74) is 4.28. The first kappa shape index (κ1) is 22.9. The fourth-order valence-corrected chi connectivity index (χ4v) is 3.44. The average molecular weight is 455 g/mol. The monoisotopic (exact) mass is 454 g/mol. The second-order valence-corrected chi connectivity index (χ2v) is 7.65. The Bertz CT molecular complexity index is 1300. The van der Waals surface area contributed by atoms with Crippen molar-refractivity contribution in [3.63, 3.8) is 0 Å². The van der Waals surface area contributed by atoms with Crippen LogP contribution in [0.25, 0.3) is 10.8 Å². The Hall–Kier alpha value is -4.32. The molecule has 6 nitrogen and oxygen atoms in total. The molecule has 1 N–H and O–H groups in total. The fourth-order valence-electron chi connectivity index (χ4n) is 3.44. The third-order valence-corrected chi connectivity index (χ3v) is 5.25. The van der Waals surface area contributed by atoms with E-state index in [0.717, 1.165) is 27.6 Å². The van der Waals surface area contributed by atoms with Crippen LogP contribution in [0.4, 0.5) is 0 Å². The molecule has 0 fully saturated rings. The van der Waals surface area contributed by atoms with Crippen molar-refractivity contribution >= 4 is 22.9 Å². The standard InChI is InChI=1S/C28H26N2O4/c1-20(34-27-16-8-12-22-10-3-5-14-25(22)27)28(31)30-29-18-23-11-4-6-15-26(23)33-19-21-9-7-13-24(17-21)32-2/h3-18,20H,19H2,1-2H3,(H,30,31)/b29-18-/t20-/m1/s1. The van der Waals surface area contributed by atoms with Gasteiger partial charge in [0.05, 0.1) is 13.3 Å². The largest absolute Gasteiger partial charge is 0.497 e. The first-order valence-corrected chi connectivity index (χ1v) is 11.0. The molecule has 0 saturated carbocycles. The Kier molecular flexibility index (Phi) is 7.40. The van der Waals surface area contributed by atoms with E-state index in [0.29, 0.717) is 18.1 Å². The van der Waals surface area contributed by atoms with E-state index >= 15 is 0 Å². The van der Waals surface area contributed by atoms with E-state index in [2.05, 4.69) is 10.5 Å². The number of rotatable bonds is 9. The van der Waals surface area contributed by atoms with Crippen LogP contribution in [-0.4, -0.2) is 25.3 Å². The summed E-state index contributed by atoms with van der Waals surface area (Å²) < 4.78 is 17.1. The third-order valence-electron chi connectivity index (χ3n) is 5.25. The predicted molar refractivity (Wildman–Crippen MR) is 134 cm³/mol. The van der Waals surface area contributed by atoms with Gasteiger partial charge in [0, 0.05) is 10.9 Å². The molecule has 6 heteroatoms. The Balaban J connectivity index is 1.36. The molecule has 1 atom stereocenters. The van der Waals surface area contributed by atoms with Gasteiger partial charge < -0.3 is 14.2 Å². The zero-order chi connectivity index (χ0) is 23.8. The number of methoxy groups -OCH3 is 1. The van der Waals surface area contributed by atoms with E-state index in [9.17, 15) is 4.79 Å². The highest BCUT2D eigenvalue weighted by atomic mass is 16.5. The molecule has 4 aromatic carbocycles. The number of amides is 1. The number of carbonyl (C=O) groups is 1. The smallest absolute Gasteiger partial charge is 0.280 e. The highest BCUT2D eigenvalue weighted by molar-refractivity contribution is 5.89. The summed E-state index contributed by atoms with van der Waals surface area (Å²) in [4.78, 5) is 12.5. The zero-order valence-electron chi connectivity index (χ0n) is 19.1. The van der Waals surface area contributed by atoms with Crippen LogP contribution in [0.15, 0.2) is 96.1 Å². The Morgan fingerprint density at radius 2 is 1.68 bits per heavy atom. The van der Waals surface area contributed by atoms with E-state index in [4.69, 9.17) is 14.2 Å². The van der Waals surface area contributed by atoms with Gasteiger partial charge in [-0.05, 0) is 48.2 Å². The van der Waals surface area contributed by atoms with E-state index in [-0.39, 0.29) is 5.91 Å². The van der Waals surface area contributed by atoms with Crippen LogP contribution in [0, 0.1) is 0 Å². The van der Waals surface area contributed by atoms with Crippen LogP contribution >= 0.6 is 0 Å². The van der Waals surface area contributed by atoms with Gasteiger partial charge in [-0.3, -0.25) is 4.79 Å². The highest BCUT2D eigenvalue weighted by Crippen LogP contribution is 2.26. The van der Waals surface area contributed by atoms with Gasteiger partial charge in [0.15, 0.2) is 6.10 Å². The van der Waals surface area contributed by atoms with E-state index < -0.39 is 6.10 Å². The van der Waals surface area contributed by atoms with Gasteiger partial charge in [-0.15, -0.1) is 0 Å². The molecule has 4 aromatic rings. The first-order valence-electron chi connectivity index (χ1n) is 11.0. The second kappa shape index (κ2) is 11.0. The molecule has 0 bridgehead atoms. The van der Waals surface area contributed by atoms with Crippen LogP contribution in [-0.2, 0) is 11.4 Å². The lowest BCUT2D eigenvalue weighted by molar-refractivity contribution is -0.127. The summed E-state index contributed by atoms with van der Waals surface area (Å²) in [6, 6.07) is 28.8. The summed E-state index contributed by atoms with van der Waals surface area (Å²) in [6.45, 7) is 2.07. The predicted octanol–water partition coefficient (Wildman–Crippen LogP) is 5.35. The molecule has 0 saturated heterocycles. The summed E-state index contributed by atoms with van der Waals surface area (Å²) >= 11 is 0. The van der Waals surface area contributed by atoms with Crippen molar-refractivity contribution in [2.45, 2.75) is 19.6 Å². The van der Waals surface area contributed by atoms with Gasteiger partial charge in [-0.2, -0.15) is 5.10 Å². The molecule has 172 valence electrons. The lowest BCUT2D eigenvalue weighted by Crippen LogP contribution is -2.33. The van der Waals surface area contributed by atoms with Crippen molar-refractivity contribution in [2.75, 3.05) is 7.11 Å². The molecule has 0 aliphatic rings. The number of benzene rings is 4. The van der Waals surface area contributed by atoms with Gasteiger partial charge >= 0.3 is 0 Å². The van der Waals surface area contributed by atoms with Crippen LogP contribution in [0.3, 0.4) is 0 Å². The fraction of sp³-hybridized carbons (Fsp3) is 0.143. The van der Waals surface area contributed by atoms with Crippen LogP contribution in [0.2, 0.25) is 0 Å². The quantitative estimate of drug-likeness (QED) is 0.274. The molecule has 0 spiro atoms. The summed E-state index contributed by atoms with van der Waals surface area (Å²) in [5, 5.41) is 6.11. The number of para-hydroxylation sites is 1. The molecule has 4 rings (SSSR count). The van der Waals surface area contributed by atoms with Gasteiger partial charge in [0.1, 0.15) is 23.9 Å². The number of nitrogens with one attached hydrogen (secondary N) is 1. The van der Waals surface area contributed by atoms with E-state index in [1.165, 1.54) is 0 Å². The maximum atomic E-state index is 12.5. The van der Waals surface area contributed by atoms with Crippen LogP contribution in [0.1, 0.15) is 18.1 Å². The Labute approximate surface area is 198 Å². The molecule has 1 amide bonds. The minimum absolute atomic E-state index is 0.348. The number of carbonyl (C=O) groups excluding carboxylic acids is 1. The summed E-state index contributed by atoms with van der Waals surface area (Å²) in [6.07, 6.45) is 0.839. The minimum Gasteiger partial charge on any atom is -0.497 e. The Morgan fingerprint density at radius 1 is 0.941 bits per heavy atom. The molecule has 34 heavy (non-hydrogen) atoms. The molecular formula is C28H26N2O4. The summed E-state index contributed by atoms with van der Waals surface area (Å²) in [5.74, 6) is 1.74. The lowest BCUT2D eigenvalue weighted by Gasteiger charge is -2.15. The molecular weight excluding hydrogens is 428 g/mol. The first-order chi connectivity index (χ1) is 16.6. The van der Waals surface area contributed by atoms with Gasteiger partial charge in [-0.1, -0.05) is 60.7 Å². The van der Waals surface area contributed by atoms with Crippen molar-refractivity contribution in [1.82, 2.24) is 5.43 Å². The van der Waals surface area contributed by atoms with Crippen molar-refractivity contribution in [3.05, 3.63) is 102 Å². The van der Waals surface area contributed by atoms with E-state index in [1.807, 2.05) is 91.0 Å². The van der Waals surface area contributed by atoms with Crippen molar-refractivity contribution < 1.29 is 19.0 Å². The van der Waals surface area contributed by atoms with Gasteiger partial charge in [-0.25, -0.2) is 5.43 Å². The molecule has 0 radical (unpaired) electrons. The van der Waals surface area contributed by atoms with Gasteiger partial charge in [0.2, 0.25) is 0 Å². The molecule has 0 aliphatic carbocycles.